The van der Waals surface area contributed by atoms with Crippen molar-refractivity contribution in [1.82, 2.24) is 9.80 Å². The van der Waals surface area contributed by atoms with Gasteiger partial charge in [-0.1, -0.05) is 6.07 Å². The van der Waals surface area contributed by atoms with Crippen LogP contribution in [-0.4, -0.2) is 67.9 Å². The van der Waals surface area contributed by atoms with Gasteiger partial charge in [-0.2, -0.15) is 0 Å². The summed E-state index contributed by atoms with van der Waals surface area (Å²) in [7, 11) is -2.90. The van der Waals surface area contributed by atoms with Gasteiger partial charge in [0.25, 0.3) is 5.91 Å². The number of carbonyl (C=O) groups excluding carboxylic acids is 1. The molecule has 1 aromatic heterocycles. The third kappa shape index (κ3) is 3.14. The highest BCUT2D eigenvalue weighted by atomic mass is 32.2. The smallest absolute Gasteiger partial charge is 0.264 e. The monoisotopic (exact) mass is 396 g/mol. The van der Waals surface area contributed by atoms with Crippen LogP contribution in [0.2, 0.25) is 0 Å². The molecule has 140 valence electrons. The van der Waals surface area contributed by atoms with Crippen LogP contribution < -0.4 is 0 Å². The average Bonchev–Trinajstić information content (AvgIpc) is 3.15. The molecule has 1 amide bonds. The molecule has 0 saturated carbocycles. The number of hydrogen-bond donors (Lipinski definition) is 0. The maximum atomic E-state index is 14.1. The molecule has 2 fully saturated rings. The molecule has 2 aromatic rings. The minimum absolute atomic E-state index is 0.0539. The average molecular weight is 397 g/mol. The number of halogens is 1. The lowest BCUT2D eigenvalue weighted by Gasteiger charge is -2.37. The van der Waals surface area contributed by atoms with E-state index in [1.807, 2.05) is 6.07 Å². The largest absolute Gasteiger partial charge is 0.335 e. The summed E-state index contributed by atoms with van der Waals surface area (Å²) < 4.78 is 38.2. The maximum Gasteiger partial charge on any atom is 0.264 e. The highest BCUT2D eigenvalue weighted by molar-refractivity contribution is 7.91. The molecular weight excluding hydrogens is 375 g/mol. The van der Waals surface area contributed by atoms with Crippen LogP contribution in [0, 0.1) is 12.7 Å². The van der Waals surface area contributed by atoms with Gasteiger partial charge in [0.15, 0.2) is 9.84 Å². The molecule has 2 aliphatic heterocycles. The number of thiophene rings is 1. The van der Waals surface area contributed by atoms with Gasteiger partial charge in [0.05, 0.1) is 16.4 Å². The Morgan fingerprint density at radius 3 is 2.58 bits per heavy atom. The fraction of sp³-hybridized carbons (Fsp3) is 0.500. The predicted octanol–water partition coefficient (Wildman–Crippen LogP) is 2.29. The Balaban J connectivity index is 1.47. The zero-order valence-electron chi connectivity index (χ0n) is 14.6. The van der Waals surface area contributed by atoms with Crippen LogP contribution in [0.1, 0.15) is 21.7 Å². The van der Waals surface area contributed by atoms with E-state index in [9.17, 15) is 17.6 Å². The zero-order chi connectivity index (χ0) is 18.5. The van der Waals surface area contributed by atoms with Crippen molar-refractivity contribution < 1.29 is 17.6 Å². The molecular formula is C18H21FN2O3S2. The number of piperazine rings is 1. The molecule has 1 atom stereocenters. The molecule has 26 heavy (non-hydrogen) atoms. The first-order valence-corrected chi connectivity index (χ1v) is 11.4. The van der Waals surface area contributed by atoms with Crippen molar-refractivity contribution in [1.29, 1.82) is 0 Å². The third-order valence-corrected chi connectivity index (χ3v) is 8.42. The minimum atomic E-state index is -2.90. The molecule has 0 unspecified atom stereocenters. The lowest BCUT2D eigenvalue weighted by atomic mass is 10.1. The van der Waals surface area contributed by atoms with Gasteiger partial charge in [0, 0.05) is 42.3 Å². The summed E-state index contributed by atoms with van der Waals surface area (Å²) in [4.78, 5) is 17.5. The summed E-state index contributed by atoms with van der Waals surface area (Å²) in [5.74, 6) is 0.156. The molecule has 0 aliphatic carbocycles. The first-order chi connectivity index (χ1) is 12.4. The van der Waals surface area contributed by atoms with Crippen LogP contribution in [0.3, 0.4) is 0 Å². The van der Waals surface area contributed by atoms with E-state index >= 15 is 0 Å². The number of nitrogens with zero attached hydrogens (tertiary/aromatic N) is 2. The highest BCUT2D eigenvalue weighted by Crippen LogP contribution is 2.33. The molecule has 0 bridgehead atoms. The van der Waals surface area contributed by atoms with Gasteiger partial charge in [-0.15, -0.1) is 11.3 Å². The lowest BCUT2D eigenvalue weighted by molar-refractivity contribution is 0.0592. The SMILES string of the molecule is Cc1c(C(=O)N2CCN([C@@H]3CCS(=O)(=O)C3)CC2)sc2cccc(F)c12. The second-order valence-corrected chi connectivity index (χ2v) is 10.3. The van der Waals surface area contributed by atoms with Crippen LogP contribution in [0.4, 0.5) is 4.39 Å². The minimum Gasteiger partial charge on any atom is -0.335 e. The first-order valence-electron chi connectivity index (χ1n) is 8.77. The molecule has 1 aromatic carbocycles. The number of amides is 1. The zero-order valence-corrected chi connectivity index (χ0v) is 16.2. The van der Waals surface area contributed by atoms with E-state index in [1.54, 1.807) is 17.9 Å². The summed E-state index contributed by atoms with van der Waals surface area (Å²) in [5, 5.41) is 0.538. The van der Waals surface area contributed by atoms with Crippen molar-refractivity contribution in [2.45, 2.75) is 19.4 Å². The third-order valence-electron chi connectivity index (χ3n) is 5.42. The van der Waals surface area contributed by atoms with Crippen LogP contribution in [0.15, 0.2) is 18.2 Å². The Morgan fingerprint density at radius 2 is 1.96 bits per heavy atom. The van der Waals surface area contributed by atoms with E-state index in [-0.39, 0.29) is 29.3 Å². The fourth-order valence-electron chi connectivity index (χ4n) is 3.95. The van der Waals surface area contributed by atoms with Crippen molar-refractivity contribution in [2.24, 2.45) is 0 Å². The highest BCUT2D eigenvalue weighted by Gasteiger charge is 2.35. The van der Waals surface area contributed by atoms with Crippen molar-refractivity contribution >= 4 is 37.2 Å². The number of sulfone groups is 1. The Kier molecular flexibility index (Phi) is 4.53. The van der Waals surface area contributed by atoms with Gasteiger partial charge in [0.1, 0.15) is 5.82 Å². The van der Waals surface area contributed by atoms with Crippen LogP contribution in [-0.2, 0) is 9.84 Å². The van der Waals surface area contributed by atoms with Crippen molar-refractivity contribution in [2.75, 3.05) is 37.7 Å². The van der Waals surface area contributed by atoms with Crippen LogP contribution in [0.5, 0.6) is 0 Å². The Hall–Kier alpha value is -1.51. The second kappa shape index (κ2) is 6.58. The summed E-state index contributed by atoms with van der Waals surface area (Å²) >= 11 is 1.34. The molecule has 3 heterocycles. The van der Waals surface area contributed by atoms with Gasteiger partial charge in [-0.05, 0) is 31.0 Å². The van der Waals surface area contributed by atoms with Gasteiger partial charge in [0.2, 0.25) is 0 Å². The summed E-state index contributed by atoms with van der Waals surface area (Å²) in [5.41, 5.74) is 0.706. The van der Waals surface area contributed by atoms with Crippen molar-refractivity contribution in [3.05, 3.63) is 34.5 Å². The quantitative estimate of drug-likeness (QED) is 0.782. The number of rotatable bonds is 2. The molecule has 2 saturated heterocycles. The predicted molar refractivity (Wildman–Crippen MR) is 101 cm³/mol. The number of aryl methyl sites for hydroxylation is 1. The molecule has 8 heteroatoms. The Bertz CT molecular complexity index is 962. The van der Waals surface area contributed by atoms with Gasteiger partial charge < -0.3 is 4.90 Å². The van der Waals surface area contributed by atoms with Gasteiger partial charge in [-0.3, -0.25) is 9.69 Å². The van der Waals surface area contributed by atoms with E-state index in [2.05, 4.69) is 4.90 Å². The fourth-order valence-corrected chi connectivity index (χ4v) is 6.91. The summed E-state index contributed by atoms with van der Waals surface area (Å²) in [6.07, 6.45) is 0.685. The van der Waals surface area contributed by atoms with E-state index in [4.69, 9.17) is 0 Å². The number of fused-ring (bicyclic) bond motifs is 1. The lowest BCUT2D eigenvalue weighted by Crippen LogP contribution is -2.52. The summed E-state index contributed by atoms with van der Waals surface area (Å²) in [6.45, 7) is 4.32. The Labute approximate surface area is 156 Å². The summed E-state index contributed by atoms with van der Waals surface area (Å²) in [6, 6.07) is 5.00. The number of carbonyl (C=O) groups is 1. The molecule has 5 nitrogen and oxygen atoms in total. The van der Waals surface area contributed by atoms with E-state index < -0.39 is 9.84 Å². The van der Waals surface area contributed by atoms with Gasteiger partial charge in [-0.25, -0.2) is 12.8 Å². The second-order valence-electron chi connectivity index (χ2n) is 7.05. The van der Waals surface area contributed by atoms with E-state index in [0.29, 0.717) is 48.4 Å². The standard InChI is InChI=1S/C18H21FN2O3S2/c1-12-16-14(19)3-2-4-15(16)25-17(12)18(22)21-8-6-20(7-9-21)13-5-10-26(23,24)11-13/h2-4,13H,5-11H2,1H3/t13-/m1/s1. The Morgan fingerprint density at radius 1 is 1.23 bits per heavy atom. The molecule has 0 spiro atoms. The van der Waals surface area contributed by atoms with E-state index in [1.165, 1.54) is 17.4 Å². The van der Waals surface area contributed by atoms with Crippen molar-refractivity contribution in [3.8, 4) is 0 Å². The molecule has 0 N–H and O–H groups in total. The normalized spacial score (nSPS) is 23.6. The molecule has 4 rings (SSSR count). The van der Waals surface area contributed by atoms with Gasteiger partial charge >= 0.3 is 0 Å². The molecule has 0 radical (unpaired) electrons. The maximum absolute atomic E-state index is 14.1. The van der Waals surface area contributed by atoms with Crippen LogP contribution >= 0.6 is 11.3 Å². The topological polar surface area (TPSA) is 57.7 Å². The molecule has 2 aliphatic rings. The number of benzene rings is 1. The van der Waals surface area contributed by atoms with Crippen LogP contribution in [0.25, 0.3) is 10.1 Å². The number of hydrogen-bond acceptors (Lipinski definition) is 5. The van der Waals surface area contributed by atoms with Crippen molar-refractivity contribution in [3.63, 3.8) is 0 Å². The van der Waals surface area contributed by atoms with E-state index in [0.717, 1.165) is 4.70 Å². The first kappa shape index (κ1) is 17.9.